The zero-order chi connectivity index (χ0) is 14.7. The van der Waals surface area contributed by atoms with Crippen molar-refractivity contribution in [1.29, 1.82) is 0 Å². The summed E-state index contributed by atoms with van der Waals surface area (Å²) in [6, 6.07) is 7.51. The number of benzene rings is 1. The van der Waals surface area contributed by atoms with Crippen molar-refractivity contribution in [2.24, 2.45) is 0 Å². The van der Waals surface area contributed by atoms with Crippen molar-refractivity contribution in [2.45, 2.75) is 0 Å². The number of fused-ring (bicyclic) bond motifs is 1. The van der Waals surface area contributed by atoms with Gasteiger partial charge in [0.15, 0.2) is 0 Å². The molecule has 22 heavy (non-hydrogen) atoms. The molecule has 0 aromatic heterocycles. The molecule has 0 N–H and O–H groups in total. The van der Waals surface area contributed by atoms with Gasteiger partial charge in [0, 0.05) is 0 Å². The summed E-state index contributed by atoms with van der Waals surface area (Å²) in [5.74, 6) is -0.487. The number of carbonyl (C=O) groups is 2. The molecule has 0 saturated heterocycles. The fraction of sp³-hybridized carbons (Fsp3) is 0. The summed E-state index contributed by atoms with van der Waals surface area (Å²) in [6.45, 7) is 0. The first-order chi connectivity index (χ1) is 10.3. The molecule has 0 bridgehead atoms. The van der Waals surface area contributed by atoms with E-state index in [1.54, 1.807) is 49.9 Å². The van der Waals surface area contributed by atoms with Crippen LogP contribution >= 0.6 is 0 Å². The van der Waals surface area contributed by atoms with E-state index >= 15 is 0 Å². The molecule has 1 aromatic carbocycles. The van der Waals surface area contributed by atoms with Gasteiger partial charge in [-0.2, -0.15) is 0 Å². The van der Waals surface area contributed by atoms with Crippen molar-refractivity contribution in [3.63, 3.8) is 0 Å². The molecule has 108 valence electrons. The second kappa shape index (κ2) is 7.94. The predicted octanol–water partition coefficient (Wildman–Crippen LogP) is 2.66. The van der Waals surface area contributed by atoms with Crippen molar-refractivity contribution in [1.82, 2.24) is 4.90 Å². The van der Waals surface area contributed by atoms with Crippen LogP contribution in [0.25, 0.3) is 0 Å². The number of imide groups is 1. The average molecular weight is 331 g/mol. The molecule has 1 aliphatic heterocycles. The molecule has 1 aromatic rings. The fourth-order valence-corrected chi connectivity index (χ4v) is 2.26. The summed E-state index contributed by atoms with van der Waals surface area (Å²) in [5.41, 5.74) is 0.961. The van der Waals surface area contributed by atoms with Gasteiger partial charge in [0.05, 0.1) is 17.2 Å². The van der Waals surface area contributed by atoms with E-state index in [1.807, 2.05) is 32.1 Å². The third kappa shape index (κ3) is 3.44. The quantitative estimate of drug-likeness (QED) is 0.586. The van der Waals surface area contributed by atoms with Gasteiger partial charge in [0.2, 0.25) is 0 Å². The van der Waals surface area contributed by atoms with Crippen LogP contribution in [0.5, 0.6) is 0 Å². The SMILES string of the molecule is O=C1c2ccccc2C(=O)N1[C]1[CH][CH][CH][CH]1.[CH]1[CH][CH][CH][CH]1.[Fe+2]. The van der Waals surface area contributed by atoms with Gasteiger partial charge in [-0.15, -0.1) is 0 Å². The first-order valence-electron chi connectivity index (χ1n) is 6.65. The second-order valence-electron chi connectivity index (χ2n) is 4.60. The van der Waals surface area contributed by atoms with E-state index in [0.29, 0.717) is 17.2 Å². The Hall–Kier alpha value is -1.12. The van der Waals surface area contributed by atoms with Crippen molar-refractivity contribution in [2.75, 3.05) is 0 Å². The summed E-state index contributed by atoms with van der Waals surface area (Å²) < 4.78 is 0. The average Bonchev–Trinajstić information content (AvgIpc) is 3.25. The number of amides is 2. The minimum Gasteiger partial charge on any atom is -0.269 e. The maximum Gasteiger partial charge on any atom is 2.00 e. The molecule has 4 rings (SSSR count). The van der Waals surface area contributed by atoms with Gasteiger partial charge in [-0.25, -0.2) is 0 Å². The number of nitrogens with zero attached hydrogens (tertiary/aromatic N) is 1. The van der Waals surface area contributed by atoms with Gasteiger partial charge in [-0.1, -0.05) is 12.1 Å². The van der Waals surface area contributed by atoms with Gasteiger partial charge >= 0.3 is 17.1 Å². The maximum absolute atomic E-state index is 12.0. The van der Waals surface area contributed by atoms with E-state index in [1.165, 1.54) is 4.90 Å². The van der Waals surface area contributed by atoms with E-state index in [2.05, 4.69) is 0 Å². The van der Waals surface area contributed by atoms with Gasteiger partial charge in [0.1, 0.15) is 0 Å². The Morgan fingerprint density at radius 2 is 1.05 bits per heavy atom. The summed E-state index contributed by atoms with van der Waals surface area (Å²) in [6.07, 6.45) is 17.1. The van der Waals surface area contributed by atoms with Crippen LogP contribution in [0, 0.1) is 63.8 Å². The summed E-state index contributed by atoms with van der Waals surface area (Å²) >= 11 is 0. The van der Waals surface area contributed by atoms with Gasteiger partial charge < -0.3 is 0 Å². The molecule has 2 amide bonds. The second-order valence-corrected chi connectivity index (χ2v) is 4.60. The normalized spacial score (nSPS) is 20.5. The molecule has 3 aliphatic rings. The molecule has 2 aliphatic carbocycles. The van der Waals surface area contributed by atoms with Crippen molar-refractivity contribution < 1.29 is 26.7 Å². The molecule has 10 radical (unpaired) electrons. The molecule has 0 spiro atoms. The zero-order valence-corrected chi connectivity index (χ0v) is 12.7. The molecule has 2 saturated carbocycles. The van der Waals surface area contributed by atoms with Crippen LogP contribution in [-0.4, -0.2) is 16.7 Å². The minimum absolute atomic E-state index is 0. The number of carbonyl (C=O) groups excluding carboxylic acids is 2. The molecular formula is C18H13FeNO2+2. The van der Waals surface area contributed by atoms with Crippen molar-refractivity contribution in [3.05, 3.63) is 99.2 Å². The van der Waals surface area contributed by atoms with Crippen LogP contribution in [0.1, 0.15) is 20.7 Å². The zero-order valence-electron chi connectivity index (χ0n) is 11.6. The third-order valence-corrected chi connectivity index (χ3v) is 3.25. The molecule has 0 atom stereocenters. The Morgan fingerprint density at radius 1 is 0.636 bits per heavy atom. The van der Waals surface area contributed by atoms with Gasteiger partial charge in [-0.05, 0) is 69.9 Å². The van der Waals surface area contributed by atoms with Crippen LogP contribution in [0.3, 0.4) is 0 Å². The monoisotopic (exact) mass is 331 g/mol. The summed E-state index contributed by atoms with van der Waals surface area (Å²) in [5, 5.41) is 0. The van der Waals surface area contributed by atoms with E-state index in [-0.39, 0.29) is 28.9 Å². The standard InChI is InChI=1S/C13H8NO2.C5H5.Fe/c15-12-10-7-3-4-8-11(10)13(16)14(12)9-5-1-2-6-9;1-2-4-5-3-1;/h1-8H;1-5H;/q;;+2. The number of hydrogen-bond acceptors (Lipinski definition) is 2. The molecule has 4 heteroatoms. The summed E-state index contributed by atoms with van der Waals surface area (Å²) in [7, 11) is 0. The fourth-order valence-electron chi connectivity index (χ4n) is 2.26. The third-order valence-electron chi connectivity index (χ3n) is 3.25. The molecule has 3 nitrogen and oxygen atoms in total. The van der Waals surface area contributed by atoms with Gasteiger partial charge in [0.25, 0.3) is 11.8 Å². The van der Waals surface area contributed by atoms with Crippen LogP contribution in [0.2, 0.25) is 0 Å². The van der Waals surface area contributed by atoms with E-state index in [0.717, 1.165) is 0 Å². The number of rotatable bonds is 1. The van der Waals surface area contributed by atoms with Crippen LogP contribution in [0.4, 0.5) is 0 Å². The van der Waals surface area contributed by atoms with Crippen LogP contribution in [-0.2, 0) is 17.1 Å². The Bertz CT molecular complexity index is 491. The Morgan fingerprint density at radius 3 is 1.45 bits per heavy atom. The largest absolute Gasteiger partial charge is 2.00 e. The van der Waals surface area contributed by atoms with Crippen LogP contribution < -0.4 is 0 Å². The molecular weight excluding hydrogens is 318 g/mol. The topological polar surface area (TPSA) is 37.4 Å². The summed E-state index contributed by atoms with van der Waals surface area (Å²) in [4.78, 5) is 25.2. The van der Waals surface area contributed by atoms with Crippen LogP contribution in [0.15, 0.2) is 24.3 Å². The first kappa shape index (κ1) is 17.2. The van der Waals surface area contributed by atoms with E-state index in [9.17, 15) is 9.59 Å². The van der Waals surface area contributed by atoms with E-state index in [4.69, 9.17) is 0 Å². The van der Waals surface area contributed by atoms with Gasteiger partial charge in [-0.3, -0.25) is 14.5 Å². The first-order valence-corrected chi connectivity index (χ1v) is 6.65. The Balaban J connectivity index is 0.000000253. The van der Waals surface area contributed by atoms with Crippen molar-refractivity contribution >= 4 is 11.8 Å². The van der Waals surface area contributed by atoms with E-state index < -0.39 is 0 Å². The minimum atomic E-state index is -0.244. The predicted molar refractivity (Wildman–Crippen MR) is 78.9 cm³/mol. The Kier molecular flexibility index (Phi) is 6.22. The van der Waals surface area contributed by atoms with Crippen molar-refractivity contribution in [3.8, 4) is 0 Å². The maximum atomic E-state index is 12.0. The molecule has 1 heterocycles. The molecule has 0 unspecified atom stereocenters. The Labute approximate surface area is 142 Å². The molecule has 2 fully saturated rings. The number of hydrogen-bond donors (Lipinski definition) is 0. The smallest absolute Gasteiger partial charge is 0.269 e.